The van der Waals surface area contributed by atoms with E-state index in [-0.39, 0.29) is 18.5 Å². The molecule has 2 atom stereocenters. The lowest BCUT2D eigenvalue weighted by molar-refractivity contribution is -0.143. The summed E-state index contributed by atoms with van der Waals surface area (Å²) in [7, 11) is 0. The lowest BCUT2D eigenvalue weighted by atomic mass is 10.0. The number of amides is 1. The molecule has 6 nitrogen and oxygen atoms in total. The Bertz CT molecular complexity index is 939. The molecule has 1 amide bonds. The van der Waals surface area contributed by atoms with Crippen molar-refractivity contribution in [2.24, 2.45) is 0 Å². The number of unbranched alkanes of at least 4 members (excludes halogenated alkanes) is 42. The first kappa shape index (κ1) is 61.6. The Morgan fingerprint density at radius 2 is 0.730 bits per heavy atom. The van der Waals surface area contributed by atoms with E-state index in [0.29, 0.717) is 19.4 Å². The predicted octanol–water partition coefficient (Wildman–Crippen LogP) is 17.3. The summed E-state index contributed by atoms with van der Waals surface area (Å²) in [4.78, 5) is 24.5. The van der Waals surface area contributed by atoms with Gasteiger partial charge < -0.3 is 20.3 Å². The molecule has 3 N–H and O–H groups in total. The van der Waals surface area contributed by atoms with Crippen molar-refractivity contribution < 1.29 is 24.5 Å². The first-order valence-corrected chi connectivity index (χ1v) is 28.5. The molecule has 0 rings (SSSR count). The number of rotatable bonds is 53. The second-order valence-electron chi connectivity index (χ2n) is 19.6. The van der Waals surface area contributed by atoms with Gasteiger partial charge in [0.1, 0.15) is 0 Å². The normalized spacial score (nSPS) is 12.6. The third-order valence-electron chi connectivity index (χ3n) is 13.3. The van der Waals surface area contributed by atoms with Crippen LogP contribution in [-0.4, -0.2) is 47.4 Å². The number of aliphatic hydroxyl groups is 2. The van der Waals surface area contributed by atoms with Crippen LogP contribution in [0.3, 0.4) is 0 Å². The summed E-state index contributed by atoms with van der Waals surface area (Å²) in [6, 6.07) is -0.639. The maximum absolute atomic E-state index is 12.5. The molecule has 0 aliphatic heterocycles. The summed E-state index contributed by atoms with van der Waals surface area (Å²) in [6.45, 7) is 4.89. The molecule has 0 saturated heterocycles. The van der Waals surface area contributed by atoms with Gasteiger partial charge in [-0.3, -0.25) is 9.59 Å². The molecule has 0 spiro atoms. The van der Waals surface area contributed by atoms with Crippen molar-refractivity contribution in [2.75, 3.05) is 13.2 Å². The Morgan fingerprint density at radius 3 is 1.08 bits per heavy atom. The zero-order valence-electron chi connectivity index (χ0n) is 42.6. The van der Waals surface area contributed by atoms with Crippen LogP contribution in [0.15, 0.2) is 12.2 Å². The number of ether oxygens (including phenoxy) is 1. The van der Waals surface area contributed by atoms with E-state index in [1.807, 2.05) is 6.08 Å². The fourth-order valence-corrected chi connectivity index (χ4v) is 8.93. The average Bonchev–Trinajstić information content (AvgIpc) is 3.28. The van der Waals surface area contributed by atoms with Crippen LogP contribution in [0, 0.1) is 0 Å². The zero-order valence-corrected chi connectivity index (χ0v) is 42.6. The van der Waals surface area contributed by atoms with Crippen molar-refractivity contribution in [1.82, 2.24) is 5.32 Å². The van der Waals surface area contributed by atoms with Crippen LogP contribution in [-0.2, 0) is 14.3 Å². The van der Waals surface area contributed by atoms with Crippen LogP contribution in [0.2, 0.25) is 0 Å². The standard InChI is InChI=1S/C57H111NO5/c1-3-5-7-9-11-13-15-16-17-18-19-20-21-22-23-24-25-26-30-33-37-41-45-49-55(60)54(53-59)58-56(61)50-46-42-38-34-31-27-28-32-36-40-44-48-52-63-57(62)51-47-43-39-35-29-14-12-10-8-6-4-2/h45,49,54-55,59-60H,3-44,46-48,50-53H2,1-2H3,(H,58,61)/b49-45+. The lowest BCUT2D eigenvalue weighted by Crippen LogP contribution is -2.45. The smallest absolute Gasteiger partial charge is 0.305 e. The summed E-state index contributed by atoms with van der Waals surface area (Å²) in [5.74, 6) is -0.0903. The van der Waals surface area contributed by atoms with Gasteiger partial charge in [0.25, 0.3) is 0 Å². The van der Waals surface area contributed by atoms with E-state index in [1.54, 1.807) is 6.08 Å². The van der Waals surface area contributed by atoms with Crippen LogP contribution in [0.5, 0.6) is 0 Å². The Balaban J connectivity index is 3.49. The van der Waals surface area contributed by atoms with E-state index in [9.17, 15) is 19.8 Å². The van der Waals surface area contributed by atoms with E-state index >= 15 is 0 Å². The van der Waals surface area contributed by atoms with Crippen molar-refractivity contribution in [1.29, 1.82) is 0 Å². The minimum Gasteiger partial charge on any atom is -0.466 e. The lowest BCUT2D eigenvalue weighted by Gasteiger charge is -2.20. The highest BCUT2D eigenvalue weighted by molar-refractivity contribution is 5.76. The summed E-state index contributed by atoms with van der Waals surface area (Å²) in [6.07, 6.45) is 62.3. The molecule has 0 aromatic carbocycles. The van der Waals surface area contributed by atoms with Crippen molar-refractivity contribution in [3.8, 4) is 0 Å². The number of carbonyl (C=O) groups is 2. The Labute approximate surface area is 393 Å². The van der Waals surface area contributed by atoms with E-state index in [2.05, 4.69) is 19.2 Å². The fourth-order valence-electron chi connectivity index (χ4n) is 8.93. The minimum absolute atomic E-state index is 0.0103. The first-order valence-electron chi connectivity index (χ1n) is 28.5. The van der Waals surface area contributed by atoms with Crippen LogP contribution in [0.25, 0.3) is 0 Å². The SMILES string of the molecule is CCCCCCCCCCCCCCCCCCCCCCC/C=C/C(O)C(CO)NC(=O)CCCCCCCCCCCCCCOC(=O)CCCCCCCCCCCCC. The number of hydrogen-bond donors (Lipinski definition) is 3. The van der Waals surface area contributed by atoms with E-state index in [0.717, 1.165) is 57.8 Å². The molecule has 2 unspecified atom stereocenters. The van der Waals surface area contributed by atoms with Crippen LogP contribution >= 0.6 is 0 Å². The van der Waals surface area contributed by atoms with Crippen molar-refractivity contribution in [2.45, 2.75) is 328 Å². The van der Waals surface area contributed by atoms with E-state index in [4.69, 9.17) is 4.74 Å². The summed E-state index contributed by atoms with van der Waals surface area (Å²) in [5, 5.41) is 23.2. The fraction of sp³-hybridized carbons (Fsp3) is 0.930. The monoisotopic (exact) mass is 890 g/mol. The molecular formula is C57H111NO5. The van der Waals surface area contributed by atoms with Gasteiger partial charge in [-0.25, -0.2) is 0 Å². The van der Waals surface area contributed by atoms with Gasteiger partial charge in [-0.15, -0.1) is 0 Å². The quantitative estimate of drug-likeness (QED) is 0.0321. The molecule has 0 radical (unpaired) electrons. The molecule has 0 aliphatic carbocycles. The summed E-state index contributed by atoms with van der Waals surface area (Å²) >= 11 is 0. The molecule has 0 aliphatic rings. The Morgan fingerprint density at radius 1 is 0.429 bits per heavy atom. The number of hydrogen-bond acceptors (Lipinski definition) is 5. The maximum Gasteiger partial charge on any atom is 0.305 e. The topological polar surface area (TPSA) is 95.9 Å². The van der Waals surface area contributed by atoms with Gasteiger partial charge in [0, 0.05) is 12.8 Å². The molecule has 0 saturated carbocycles. The summed E-state index contributed by atoms with van der Waals surface area (Å²) in [5.41, 5.74) is 0. The van der Waals surface area contributed by atoms with Crippen LogP contribution < -0.4 is 5.32 Å². The Hall–Kier alpha value is -1.40. The average molecular weight is 891 g/mol. The Kier molecular flexibility index (Phi) is 52.0. The summed E-state index contributed by atoms with van der Waals surface area (Å²) < 4.78 is 5.45. The second-order valence-corrected chi connectivity index (χ2v) is 19.6. The number of esters is 1. The third-order valence-corrected chi connectivity index (χ3v) is 13.3. The largest absolute Gasteiger partial charge is 0.466 e. The third kappa shape index (κ3) is 49.9. The molecule has 0 heterocycles. The first-order chi connectivity index (χ1) is 31.0. The van der Waals surface area contributed by atoms with Gasteiger partial charge in [0.2, 0.25) is 5.91 Å². The number of nitrogens with one attached hydrogen (secondary N) is 1. The molecule has 374 valence electrons. The van der Waals surface area contributed by atoms with Gasteiger partial charge in [-0.1, -0.05) is 283 Å². The molecule has 0 aromatic rings. The molecule has 63 heavy (non-hydrogen) atoms. The molecule has 0 bridgehead atoms. The molecule has 0 fully saturated rings. The maximum atomic E-state index is 12.5. The number of carbonyl (C=O) groups excluding carboxylic acids is 2. The number of allylic oxidation sites excluding steroid dienone is 1. The molecule has 6 heteroatoms. The van der Waals surface area contributed by atoms with Crippen LogP contribution in [0.1, 0.15) is 316 Å². The second kappa shape index (κ2) is 53.2. The highest BCUT2D eigenvalue weighted by Gasteiger charge is 2.18. The van der Waals surface area contributed by atoms with Crippen molar-refractivity contribution in [3.63, 3.8) is 0 Å². The highest BCUT2D eigenvalue weighted by atomic mass is 16.5. The predicted molar refractivity (Wildman–Crippen MR) is 273 cm³/mol. The van der Waals surface area contributed by atoms with Gasteiger partial charge in [0.05, 0.1) is 25.4 Å². The van der Waals surface area contributed by atoms with E-state index in [1.165, 1.54) is 231 Å². The van der Waals surface area contributed by atoms with Gasteiger partial charge in [0.15, 0.2) is 0 Å². The van der Waals surface area contributed by atoms with Gasteiger partial charge >= 0.3 is 5.97 Å². The van der Waals surface area contributed by atoms with Crippen molar-refractivity contribution >= 4 is 11.9 Å². The zero-order chi connectivity index (χ0) is 45.8. The van der Waals surface area contributed by atoms with Crippen LogP contribution in [0.4, 0.5) is 0 Å². The van der Waals surface area contributed by atoms with Crippen molar-refractivity contribution in [3.05, 3.63) is 12.2 Å². The van der Waals surface area contributed by atoms with Gasteiger partial charge in [-0.05, 0) is 32.1 Å². The minimum atomic E-state index is -0.854. The molecular weight excluding hydrogens is 779 g/mol. The van der Waals surface area contributed by atoms with E-state index < -0.39 is 12.1 Å². The highest BCUT2D eigenvalue weighted by Crippen LogP contribution is 2.17. The number of aliphatic hydroxyl groups excluding tert-OH is 2. The molecule has 0 aromatic heterocycles. The van der Waals surface area contributed by atoms with Gasteiger partial charge in [-0.2, -0.15) is 0 Å².